The summed E-state index contributed by atoms with van der Waals surface area (Å²) in [7, 11) is 3.20. The van der Waals surface area contributed by atoms with Gasteiger partial charge in [0.05, 0.1) is 20.2 Å². The Balaban J connectivity index is 2.02. The van der Waals surface area contributed by atoms with Crippen LogP contribution >= 0.6 is 0 Å². The summed E-state index contributed by atoms with van der Waals surface area (Å²) < 4.78 is 5.35. The summed E-state index contributed by atoms with van der Waals surface area (Å²) in [6.07, 6.45) is -0.643. The summed E-state index contributed by atoms with van der Waals surface area (Å²) >= 11 is 0. The quantitative estimate of drug-likeness (QED) is 0.328. The van der Waals surface area contributed by atoms with Gasteiger partial charge in [-0.25, -0.2) is 0 Å². The first-order chi connectivity index (χ1) is 14.3. The molecule has 0 aromatic heterocycles. The first-order valence-corrected chi connectivity index (χ1v) is 10.2. The first-order valence-electron chi connectivity index (χ1n) is 10.2. The van der Waals surface area contributed by atoms with Crippen LogP contribution in [0.15, 0.2) is 84.9 Å². The fraction of sp³-hybridized carbons (Fsp3) is 0.231. The molecule has 0 saturated heterocycles. The summed E-state index contributed by atoms with van der Waals surface area (Å²) in [6.45, 7) is 2.54. The van der Waals surface area contributed by atoms with Crippen molar-refractivity contribution in [3.8, 4) is 5.75 Å². The largest absolute Gasteiger partial charge is 0.633 e. The lowest BCUT2D eigenvalue weighted by Crippen LogP contribution is -2.36. The van der Waals surface area contributed by atoms with Gasteiger partial charge in [0.1, 0.15) is 18.9 Å². The molecule has 0 radical (unpaired) electrons. The van der Waals surface area contributed by atoms with Crippen LogP contribution in [0.25, 0.3) is 11.1 Å². The monoisotopic (exact) mass is 403 g/mol. The molecule has 0 aliphatic rings. The molecule has 1 N–H and O–H groups in total. The Morgan fingerprint density at radius 1 is 0.833 bits per heavy atom. The standard InChI is InChI=1S/C26H29NO3/c1-20(28)25(21-10-6-4-7-11-21)26(22-12-8-5-9-13-22)23-14-16-24(17-15-23)30-19-18-27(2,3)29/h4-17,20,28H,18-19H2,1-3H3/b26-25+. The van der Waals surface area contributed by atoms with Crippen molar-refractivity contribution in [1.82, 2.24) is 0 Å². The SMILES string of the molecule is CC(O)/C(=C(/c1ccccc1)c1ccc(OCC[N+](C)(C)[O-])cc1)c1ccccc1. The van der Waals surface area contributed by atoms with E-state index in [9.17, 15) is 10.3 Å². The van der Waals surface area contributed by atoms with Crippen molar-refractivity contribution in [3.05, 3.63) is 107 Å². The highest BCUT2D eigenvalue weighted by Gasteiger charge is 2.18. The lowest BCUT2D eigenvalue weighted by atomic mass is 9.87. The van der Waals surface area contributed by atoms with Crippen LogP contribution in [-0.4, -0.2) is 43.1 Å². The Morgan fingerprint density at radius 3 is 1.83 bits per heavy atom. The Kier molecular flexibility index (Phi) is 7.06. The van der Waals surface area contributed by atoms with Crippen molar-refractivity contribution in [2.45, 2.75) is 13.0 Å². The van der Waals surface area contributed by atoms with Crippen molar-refractivity contribution in [2.75, 3.05) is 27.2 Å². The summed E-state index contributed by atoms with van der Waals surface area (Å²) in [4.78, 5) is 0. The molecule has 1 unspecified atom stereocenters. The minimum atomic E-state index is -0.643. The van der Waals surface area contributed by atoms with Gasteiger partial charge in [0.2, 0.25) is 0 Å². The van der Waals surface area contributed by atoms with E-state index in [2.05, 4.69) is 12.1 Å². The number of rotatable bonds is 8. The number of likely N-dealkylation sites (N-methyl/N-ethyl adjacent to an activating group) is 1. The molecule has 0 spiro atoms. The van der Waals surface area contributed by atoms with Gasteiger partial charge in [-0.2, -0.15) is 0 Å². The van der Waals surface area contributed by atoms with Crippen LogP contribution in [0.1, 0.15) is 23.6 Å². The molecule has 0 fully saturated rings. The molecule has 3 aromatic carbocycles. The topological polar surface area (TPSA) is 52.5 Å². The van der Waals surface area contributed by atoms with E-state index in [-0.39, 0.29) is 4.65 Å². The number of benzene rings is 3. The predicted octanol–water partition coefficient (Wildman–Crippen LogP) is 4.98. The van der Waals surface area contributed by atoms with Gasteiger partial charge in [-0.05, 0) is 46.9 Å². The zero-order valence-corrected chi connectivity index (χ0v) is 17.8. The van der Waals surface area contributed by atoms with Crippen LogP contribution in [0.4, 0.5) is 0 Å². The number of ether oxygens (including phenoxy) is 1. The number of nitrogens with zero attached hydrogens (tertiary/aromatic N) is 1. The highest BCUT2D eigenvalue weighted by atomic mass is 16.5. The molecular formula is C26H29NO3. The second kappa shape index (κ2) is 9.72. The Morgan fingerprint density at radius 2 is 1.33 bits per heavy atom. The van der Waals surface area contributed by atoms with Crippen molar-refractivity contribution in [2.24, 2.45) is 0 Å². The van der Waals surface area contributed by atoms with Gasteiger partial charge in [0.15, 0.2) is 0 Å². The molecule has 0 saturated carbocycles. The molecule has 0 amide bonds. The minimum Gasteiger partial charge on any atom is -0.633 e. The maximum atomic E-state index is 11.7. The minimum absolute atomic E-state index is 0.361. The van der Waals surface area contributed by atoms with Crippen molar-refractivity contribution < 1.29 is 14.5 Å². The van der Waals surface area contributed by atoms with E-state index in [0.29, 0.717) is 13.2 Å². The van der Waals surface area contributed by atoms with Gasteiger partial charge < -0.3 is 19.7 Å². The zero-order chi connectivity index (χ0) is 21.6. The third kappa shape index (κ3) is 5.80. The van der Waals surface area contributed by atoms with E-state index in [1.165, 1.54) is 0 Å². The van der Waals surface area contributed by atoms with Crippen molar-refractivity contribution in [3.63, 3.8) is 0 Å². The van der Waals surface area contributed by atoms with E-state index in [0.717, 1.165) is 33.6 Å². The second-order valence-electron chi connectivity index (χ2n) is 7.87. The molecule has 0 aliphatic carbocycles. The third-order valence-corrected chi connectivity index (χ3v) is 4.88. The summed E-state index contributed by atoms with van der Waals surface area (Å²) in [6, 6.07) is 27.9. The molecule has 1 atom stereocenters. The average Bonchev–Trinajstić information content (AvgIpc) is 2.73. The lowest BCUT2D eigenvalue weighted by molar-refractivity contribution is -0.840. The Bertz CT molecular complexity index is 957. The zero-order valence-electron chi connectivity index (χ0n) is 17.8. The molecule has 4 heteroatoms. The van der Waals surface area contributed by atoms with E-state index in [1.54, 1.807) is 21.0 Å². The van der Waals surface area contributed by atoms with Crippen LogP contribution in [-0.2, 0) is 0 Å². The fourth-order valence-corrected chi connectivity index (χ4v) is 3.40. The molecular weight excluding hydrogens is 374 g/mol. The molecule has 0 heterocycles. The van der Waals surface area contributed by atoms with E-state index < -0.39 is 6.10 Å². The van der Waals surface area contributed by atoms with Gasteiger partial charge in [-0.15, -0.1) is 0 Å². The fourth-order valence-electron chi connectivity index (χ4n) is 3.40. The first kappa shape index (κ1) is 21.8. The van der Waals surface area contributed by atoms with E-state index >= 15 is 0 Å². The number of hydrogen-bond acceptors (Lipinski definition) is 3. The van der Waals surface area contributed by atoms with Crippen LogP contribution in [0.2, 0.25) is 0 Å². The Hall–Kier alpha value is -2.92. The summed E-state index contributed by atoms with van der Waals surface area (Å²) in [5.41, 5.74) is 4.88. The van der Waals surface area contributed by atoms with E-state index in [1.807, 2.05) is 72.8 Å². The maximum Gasteiger partial charge on any atom is 0.137 e. The lowest BCUT2D eigenvalue weighted by Gasteiger charge is -2.33. The molecule has 3 rings (SSSR count). The predicted molar refractivity (Wildman–Crippen MR) is 123 cm³/mol. The van der Waals surface area contributed by atoms with Gasteiger partial charge in [0.25, 0.3) is 0 Å². The molecule has 156 valence electrons. The van der Waals surface area contributed by atoms with Gasteiger partial charge in [0, 0.05) is 0 Å². The van der Waals surface area contributed by atoms with Crippen molar-refractivity contribution >= 4 is 11.1 Å². The van der Waals surface area contributed by atoms with Gasteiger partial charge in [-0.3, -0.25) is 0 Å². The smallest absolute Gasteiger partial charge is 0.137 e. The van der Waals surface area contributed by atoms with Crippen LogP contribution < -0.4 is 4.74 Å². The average molecular weight is 404 g/mol. The van der Waals surface area contributed by atoms with Gasteiger partial charge in [-0.1, -0.05) is 72.8 Å². The number of hydroxylamine groups is 3. The molecule has 3 aromatic rings. The molecule has 0 bridgehead atoms. The van der Waals surface area contributed by atoms with Crippen LogP contribution in [0.5, 0.6) is 5.75 Å². The van der Waals surface area contributed by atoms with Crippen molar-refractivity contribution in [1.29, 1.82) is 0 Å². The van der Waals surface area contributed by atoms with E-state index in [4.69, 9.17) is 4.74 Å². The molecule has 4 nitrogen and oxygen atoms in total. The number of quaternary nitrogens is 1. The molecule has 0 aliphatic heterocycles. The van der Waals surface area contributed by atoms with Crippen LogP contribution in [0, 0.1) is 5.21 Å². The highest BCUT2D eigenvalue weighted by Crippen LogP contribution is 2.35. The van der Waals surface area contributed by atoms with Gasteiger partial charge >= 0.3 is 0 Å². The summed E-state index contributed by atoms with van der Waals surface area (Å²) in [5, 5.41) is 22.4. The number of aliphatic hydroxyl groups is 1. The highest BCUT2D eigenvalue weighted by molar-refractivity contribution is 5.99. The normalized spacial score (nSPS) is 13.5. The Labute approximate surface area is 178 Å². The summed E-state index contributed by atoms with van der Waals surface area (Å²) in [5.74, 6) is 0.720. The number of aliphatic hydroxyl groups excluding tert-OH is 1. The maximum absolute atomic E-state index is 11.7. The number of hydrogen-bond donors (Lipinski definition) is 1. The molecule has 30 heavy (non-hydrogen) atoms. The second-order valence-corrected chi connectivity index (χ2v) is 7.87. The third-order valence-electron chi connectivity index (χ3n) is 4.88. The van der Waals surface area contributed by atoms with Crippen LogP contribution in [0.3, 0.4) is 0 Å².